The summed E-state index contributed by atoms with van der Waals surface area (Å²) in [6.07, 6.45) is 1.47. The maximum absolute atomic E-state index is 12.9. The number of aromatic amines is 1. The predicted octanol–water partition coefficient (Wildman–Crippen LogP) is 1.82. The van der Waals surface area contributed by atoms with Gasteiger partial charge in [-0.3, -0.25) is 4.79 Å². The van der Waals surface area contributed by atoms with Crippen molar-refractivity contribution in [2.24, 2.45) is 0 Å². The SMILES string of the molecule is O=c1[nH]ncc2c(Br)cc(F)cc12. The highest BCUT2D eigenvalue weighted by molar-refractivity contribution is 9.10. The maximum atomic E-state index is 12.9. The monoisotopic (exact) mass is 242 g/mol. The molecule has 0 bridgehead atoms. The lowest BCUT2D eigenvalue weighted by atomic mass is 10.2. The van der Waals surface area contributed by atoms with Crippen molar-refractivity contribution in [3.63, 3.8) is 0 Å². The van der Waals surface area contributed by atoms with Gasteiger partial charge in [0.25, 0.3) is 5.56 Å². The number of halogens is 2. The molecule has 0 saturated carbocycles. The van der Waals surface area contributed by atoms with E-state index in [2.05, 4.69) is 26.1 Å². The lowest BCUT2D eigenvalue weighted by molar-refractivity contribution is 0.628. The summed E-state index contributed by atoms with van der Waals surface area (Å²) < 4.78 is 13.4. The number of hydrogen-bond donors (Lipinski definition) is 1. The number of benzene rings is 1. The second kappa shape index (κ2) is 2.92. The Kier molecular flexibility index (Phi) is 1.88. The average molecular weight is 243 g/mol. The molecule has 1 aromatic heterocycles. The quantitative estimate of drug-likeness (QED) is 0.767. The zero-order chi connectivity index (χ0) is 9.42. The van der Waals surface area contributed by atoms with Gasteiger partial charge in [-0.15, -0.1) is 0 Å². The summed E-state index contributed by atoms with van der Waals surface area (Å²) in [5.41, 5.74) is -0.391. The predicted molar refractivity (Wildman–Crippen MR) is 50.0 cm³/mol. The van der Waals surface area contributed by atoms with Crippen LogP contribution in [0.15, 0.2) is 27.6 Å². The van der Waals surface area contributed by atoms with Crippen molar-refractivity contribution in [3.8, 4) is 0 Å². The van der Waals surface area contributed by atoms with Crippen LogP contribution in [0.2, 0.25) is 0 Å². The zero-order valence-electron chi connectivity index (χ0n) is 6.34. The molecule has 1 aromatic carbocycles. The molecule has 0 unspecified atom stereocenters. The second-order valence-electron chi connectivity index (χ2n) is 2.55. The summed E-state index contributed by atoms with van der Waals surface area (Å²) in [5.74, 6) is -0.448. The molecule has 66 valence electrons. The highest BCUT2D eigenvalue weighted by atomic mass is 79.9. The van der Waals surface area contributed by atoms with Crippen LogP contribution in [0.25, 0.3) is 10.8 Å². The van der Waals surface area contributed by atoms with Gasteiger partial charge in [-0.2, -0.15) is 5.10 Å². The van der Waals surface area contributed by atoms with Gasteiger partial charge in [0.1, 0.15) is 5.82 Å². The van der Waals surface area contributed by atoms with Gasteiger partial charge < -0.3 is 0 Å². The van der Waals surface area contributed by atoms with Crippen LogP contribution < -0.4 is 5.56 Å². The summed E-state index contributed by atoms with van der Waals surface area (Å²) >= 11 is 3.15. The molecule has 2 aromatic rings. The van der Waals surface area contributed by atoms with E-state index in [1.54, 1.807) is 0 Å². The Morgan fingerprint density at radius 1 is 1.38 bits per heavy atom. The van der Waals surface area contributed by atoms with Gasteiger partial charge in [-0.25, -0.2) is 9.49 Å². The molecule has 0 aliphatic carbocycles. The summed E-state index contributed by atoms with van der Waals surface area (Å²) in [4.78, 5) is 11.2. The highest BCUT2D eigenvalue weighted by Crippen LogP contribution is 2.21. The number of nitrogens with one attached hydrogen (secondary N) is 1. The first kappa shape index (κ1) is 8.37. The minimum atomic E-state index is -0.448. The van der Waals surface area contributed by atoms with Gasteiger partial charge in [0.15, 0.2) is 0 Å². The van der Waals surface area contributed by atoms with Gasteiger partial charge in [0, 0.05) is 9.86 Å². The second-order valence-corrected chi connectivity index (χ2v) is 3.40. The van der Waals surface area contributed by atoms with E-state index in [4.69, 9.17) is 0 Å². The van der Waals surface area contributed by atoms with E-state index in [0.29, 0.717) is 15.2 Å². The molecule has 5 heteroatoms. The third kappa shape index (κ3) is 1.35. The number of fused-ring (bicyclic) bond motifs is 1. The first-order valence-corrected chi connectivity index (χ1v) is 4.30. The number of nitrogens with zero attached hydrogens (tertiary/aromatic N) is 1. The molecular formula is C8H4BrFN2O. The van der Waals surface area contributed by atoms with E-state index >= 15 is 0 Å². The topological polar surface area (TPSA) is 45.8 Å². The lowest BCUT2D eigenvalue weighted by Gasteiger charge is -1.98. The van der Waals surface area contributed by atoms with E-state index in [1.165, 1.54) is 18.3 Å². The largest absolute Gasteiger partial charge is 0.272 e. The Morgan fingerprint density at radius 2 is 2.15 bits per heavy atom. The molecule has 2 rings (SSSR count). The van der Waals surface area contributed by atoms with Crippen LogP contribution in [0.1, 0.15) is 0 Å². The van der Waals surface area contributed by atoms with Crippen LogP contribution in [0.3, 0.4) is 0 Å². The van der Waals surface area contributed by atoms with Gasteiger partial charge in [-0.1, -0.05) is 0 Å². The minimum absolute atomic E-state index is 0.293. The van der Waals surface area contributed by atoms with E-state index in [0.717, 1.165) is 0 Å². The third-order valence-corrected chi connectivity index (χ3v) is 2.35. The first-order valence-electron chi connectivity index (χ1n) is 3.51. The van der Waals surface area contributed by atoms with Crippen molar-refractivity contribution in [1.29, 1.82) is 0 Å². The Balaban J connectivity index is 3.03. The van der Waals surface area contributed by atoms with Gasteiger partial charge in [0.2, 0.25) is 0 Å². The number of hydrogen-bond acceptors (Lipinski definition) is 2. The minimum Gasteiger partial charge on any atom is -0.267 e. The average Bonchev–Trinajstić information content (AvgIpc) is 2.07. The molecule has 1 heterocycles. The van der Waals surface area contributed by atoms with E-state index in [-0.39, 0.29) is 0 Å². The first-order chi connectivity index (χ1) is 6.18. The molecular weight excluding hydrogens is 239 g/mol. The molecule has 3 nitrogen and oxygen atoms in total. The highest BCUT2D eigenvalue weighted by Gasteiger charge is 2.04. The molecule has 0 aliphatic rings. The number of H-pyrrole nitrogens is 1. The fraction of sp³-hybridized carbons (Fsp3) is 0. The molecule has 0 aliphatic heterocycles. The van der Waals surface area contributed by atoms with Gasteiger partial charge >= 0.3 is 0 Å². The number of aromatic nitrogens is 2. The Bertz CT molecular complexity index is 523. The van der Waals surface area contributed by atoms with Gasteiger partial charge in [0.05, 0.1) is 11.6 Å². The zero-order valence-corrected chi connectivity index (χ0v) is 7.93. The maximum Gasteiger partial charge on any atom is 0.272 e. The van der Waals surface area contributed by atoms with Crippen LogP contribution in [0.5, 0.6) is 0 Å². The van der Waals surface area contributed by atoms with Crippen molar-refractivity contribution >= 4 is 26.7 Å². The molecule has 0 amide bonds. The molecule has 0 atom stereocenters. The van der Waals surface area contributed by atoms with Crippen molar-refractivity contribution in [3.05, 3.63) is 39.0 Å². The molecule has 0 fully saturated rings. The van der Waals surface area contributed by atoms with E-state index in [9.17, 15) is 9.18 Å². The number of rotatable bonds is 0. The summed E-state index contributed by atoms with van der Waals surface area (Å²) in [5, 5.41) is 6.74. The fourth-order valence-corrected chi connectivity index (χ4v) is 1.65. The standard InChI is InChI=1S/C8H4BrFN2O/c9-7-2-4(10)1-5-6(7)3-11-12-8(5)13/h1-3H,(H,12,13). The molecule has 0 saturated heterocycles. The van der Waals surface area contributed by atoms with Crippen molar-refractivity contribution in [2.75, 3.05) is 0 Å². The van der Waals surface area contributed by atoms with Crippen LogP contribution in [-0.2, 0) is 0 Å². The van der Waals surface area contributed by atoms with Crippen LogP contribution in [-0.4, -0.2) is 10.2 Å². The van der Waals surface area contributed by atoms with Crippen molar-refractivity contribution < 1.29 is 4.39 Å². The lowest BCUT2D eigenvalue weighted by Crippen LogP contribution is -2.07. The van der Waals surface area contributed by atoms with Crippen LogP contribution in [0, 0.1) is 5.82 Å². The van der Waals surface area contributed by atoms with Crippen LogP contribution in [0.4, 0.5) is 4.39 Å². The van der Waals surface area contributed by atoms with Crippen molar-refractivity contribution in [2.45, 2.75) is 0 Å². The normalized spacial score (nSPS) is 10.6. The Morgan fingerprint density at radius 3 is 2.92 bits per heavy atom. The molecule has 13 heavy (non-hydrogen) atoms. The molecule has 1 N–H and O–H groups in total. The Labute approximate surface area is 80.7 Å². The third-order valence-electron chi connectivity index (χ3n) is 1.70. The van der Waals surface area contributed by atoms with E-state index in [1.807, 2.05) is 0 Å². The smallest absolute Gasteiger partial charge is 0.267 e. The summed E-state index contributed by atoms with van der Waals surface area (Å²) in [7, 11) is 0. The van der Waals surface area contributed by atoms with Crippen LogP contribution >= 0.6 is 15.9 Å². The van der Waals surface area contributed by atoms with Gasteiger partial charge in [-0.05, 0) is 28.1 Å². The molecule has 0 spiro atoms. The van der Waals surface area contributed by atoms with Crippen molar-refractivity contribution in [1.82, 2.24) is 10.2 Å². The molecule has 0 radical (unpaired) electrons. The van der Waals surface area contributed by atoms with E-state index < -0.39 is 11.4 Å². The Hall–Kier alpha value is -1.23. The fourth-order valence-electron chi connectivity index (χ4n) is 1.12. The summed E-state index contributed by atoms with van der Waals surface area (Å²) in [6.45, 7) is 0. The summed E-state index contributed by atoms with van der Waals surface area (Å²) in [6, 6.07) is 2.48.